The van der Waals surface area contributed by atoms with Gasteiger partial charge in [0, 0.05) is 42.3 Å². The van der Waals surface area contributed by atoms with Crippen LogP contribution in [0.25, 0.3) is 10.9 Å². The molecule has 5 rings (SSSR count). The van der Waals surface area contributed by atoms with Crippen LogP contribution in [0.5, 0.6) is 0 Å². The number of aromatic nitrogens is 2. The van der Waals surface area contributed by atoms with Crippen LogP contribution in [0.1, 0.15) is 31.4 Å². The number of carbonyl (C=O) groups excluding carboxylic acids is 2. The van der Waals surface area contributed by atoms with Crippen molar-refractivity contribution in [1.29, 1.82) is 0 Å². The lowest BCUT2D eigenvalue weighted by Crippen LogP contribution is -2.34. The zero-order valence-electron chi connectivity index (χ0n) is 21.1. The van der Waals surface area contributed by atoms with Crippen LogP contribution in [0, 0.1) is 5.92 Å². The highest BCUT2D eigenvalue weighted by atomic mass is 32.2. The topological polar surface area (TPSA) is 102 Å². The number of amides is 1. The minimum Gasteiger partial charge on any atom is -0.298 e. The molecule has 1 atom stereocenters. The molecule has 1 aliphatic rings. The van der Waals surface area contributed by atoms with E-state index in [4.69, 9.17) is 0 Å². The van der Waals surface area contributed by atoms with Gasteiger partial charge in [-0.15, -0.1) is 0 Å². The summed E-state index contributed by atoms with van der Waals surface area (Å²) in [4.78, 5) is 30.8. The maximum atomic E-state index is 14.1. The summed E-state index contributed by atoms with van der Waals surface area (Å²) in [6.07, 6.45) is 2.23. The van der Waals surface area contributed by atoms with Gasteiger partial charge in [-0.05, 0) is 36.8 Å². The van der Waals surface area contributed by atoms with Crippen molar-refractivity contribution in [3.05, 3.63) is 90.3 Å². The van der Waals surface area contributed by atoms with Crippen molar-refractivity contribution in [3.63, 3.8) is 0 Å². The first-order valence-corrected chi connectivity index (χ1v) is 13.6. The van der Waals surface area contributed by atoms with Gasteiger partial charge >= 0.3 is 0 Å². The third kappa shape index (κ3) is 4.74. The van der Waals surface area contributed by atoms with Gasteiger partial charge in [0.15, 0.2) is 11.6 Å². The minimum absolute atomic E-state index is 0.0509. The van der Waals surface area contributed by atoms with Crippen LogP contribution in [0.4, 0.5) is 14.6 Å². The van der Waals surface area contributed by atoms with Gasteiger partial charge in [0.05, 0.1) is 16.1 Å². The molecule has 0 spiro atoms. The van der Waals surface area contributed by atoms with Gasteiger partial charge in [-0.1, -0.05) is 43.3 Å². The van der Waals surface area contributed by atoms with Crippen LogP contribution in [-0.4, -0.2) is 34.8 Å². The molecule has 0 saturated heterocycles. The molecule has 0 N–H and O–H groups in total. The van der Waals surface area contributed by atoms with Crippen molar-refractivity contribution >= 4 is 44.1 Å². The van der Waals surface area contributed by atoms with Gasteiger partial charge in [0.2, 0.25) is 0 Å². The average Bonchev–Trinajstić information content (AvgIpc) is 3.49. The molecule has 3 heterocycles. The number of fused-ring (bicyclic) bond motifs is 1. The molecule has 39 heavy (non-hydrogen) atoms. The molecule has 0 radical (unpaired) electrons. The Morgan fingerprint density at radius 3 is 2.51 bits per heavy atom. The maximum Gasteiger partial charge on any atom is 0.273 e. The molecule has 1 aliphatic heterocycles. The average molecular weight is 551 g/mol. The summed E-state index contributed by atoms with van der Waals surface area (Å²) in [7, 11) is -3.92. The molecular formula is C28H24F2N4O4S. The summed E-state index contributed by atoms with van der Waals surface area (Å²) in [6.45, 7) is 2.91. The largest absolute Gasteiger partial charge is 0.298 e. The fraction of sp³-hybridized carbons (Fsp3) is 0.214. The number of halogens is 2. The molecule has 8 nitrogen and oxygen atoms in total. The van der Waals surface area contributed by atoms with Crippen LogP contribution in [0.3, 0.4) is 0 Å². The Hall–Kier alpha value is -4.25. The zero-order chi connectivity index (χ0) is 27.9. The Morgan fingerprint density at radius 1 is 1.05 bits per heavy atom. The normalized spacial score (nSPS) is 16.1. The third-order valence-electron chi connectivity index (χ3n) is 6.67. The van der Waals surface area contributed by atoms with Crippen LogP contribution in [-0.2, 0) is 32.0 Å². The van der Waals surface area contributed by atoms with E-state index in [1.165, 1.54) is 62.6 Å². The first-order valence-electron chi connectivity index (χ1n) is 12.2. The Kier molecular flexibility index (Phi) is 6.63. The molecule has 0 fully saturated rings. The molecule has 0 aliphatic carbocycles. The highest BCUT2D eigenvalue weighted by Crippen LogP contribution is 2.32. The van der Waals surface area contributed by atoms with Gasteiger partial charge in [-0.2, -0.15) is 10.1 Å². The van der Waals surface area contributed by atoms with Crippen molar-refractivity contribution < 1.29 is 26.8 Å². The predicted octanol–water partition coefficient (Wildman–Crippen LogP) is 4.93. The van der Waals surface area contributed by atoms with E-state index in [1.54, 1.807) is 30.3 Å². The van der Waals surface area contributed by atoms with E-state index in [2.05, 4.69) is 10.1 Å². The van der Waals surface area contributed by atoms with Crippen molar-refractivity contribution in [3.8, 4) is 0 Å². The molecule has 1 amide bonds. The van der Waals surface area contributed by atoms with Crippen molar-refractivity contribution in [2.75, 3.05) is 5.01 Å². The molecule has 2 aromatic heterocycles. The fourth-order valence-corrected chi connectivity index (χ4v) is 5.91. The SMILES string of the molecule is CCC(F)(F)c1cccc(CC(=O)C2C(=O)N(c3cc4c(ccn4S(=O)(=O)c4ccccc4)cn3)N=C2C)c1. The molecule has 11 heteroatoms. The van der Waals surface area contributed by atoms with Gasteiger partial charge < -0.3 is 0 Å². The number of rotatable bonds is 8. The molecular weight excluding hydrogens is 526 g/mol. The van der Waals surface area contributed by atoms with Crippen LogP contribution in [0.15, 0.2) is 89.1 Å². The summed E-state index contributed by atoms with van der Waals surface area (Å²) < 4.78 is 55.8. The first kappa shape index (κ1) is 26.4. The quantitative estimate of drug-likeness (QED) is 0.290. The van der Waals surface area contributed by atoms with E-state index in [-0.39, 0.29) is 40.3 Å². The zero-order valence-corrected chi connectivity index (χ0v) is 21.9. The molecule has 2 aromatic carbocycles. The summed E-state index contributed by atoms with van der Waals surface area (Å²) in [6, 6.07) is 16.5. The molecule has 1 unspecified atom stereocenters. The van der Waals surface area contributed by atoms with Gasteiger partial charge in [-0.3, -0.25) is 9.59 Å². The number of hydrogen-bond acceptors (Lipinski definition) is 6. The monoisotopic (exact) mass is 550 g/mol. The Labute approximate surface area is 223 Å². The number of alkyl halides is 2. The molecule has 0 saturated carbocycles. The van der Waals surface area contributed by atoms with Crippen molar-refractivity contribution in [2.24, 2.45) is 11.0 Å². The van der Waals surface area contributed by atoms with Crippen LogP contribution in [0.2, 0.25) is 0 Å². The fourth-order valence-electron chi connectivity index (χ4n) is 4.54. The van der Waals surface area contributed by atoms with E-state index in [1.807, 2.05) is 0 Å². The van der Waals surface area contributed by atoms with Gasteiger partial charge in [0.1, 0.15) is 5.92 Å². The number of ketones is 1. The lowest BCUT2D eigenvalue weighted by Gasteiger charge is -2.16. The van der Waals surface area contributed by atoms with Crippen LogP contribution >= 0.6 is 0 Å². The lowest BCUT2D eigenvalue weighted by molar-refractivity contribution is -0.128. The smallest absolute Gasteiger partial charge is 0.273 e. The highest BCUT2D eigenvalue weighted by Gasteiger charge is 2.40. The molecule has 0 bridgehead atoms. The Bertz CT molecular complexity index is 1730. The first-order chi connectivity index (χ1) is 18.5. The van der Waals surface area contributed by atoms with Crippen molar-refractivity contribution in [2.45, 2.75) is 37.5 Å². The van der Waals surface area contributed by atoms with Gasteiger partial charge in [-0.25, -0.2) is 26.2 Å². The second kappa shape index (κ2) is 9.81. The summed E-state index contributed by atoms with van der Waals surface area (Å²) >= 11 is 0. The molecule has 4 aromatic rings. The number of pyridine rings is 1. The molecule has 200 valence electrons. The Balaban J connectivity index is 1.42. The van der Waals surface area contributed by atoms with E-state index in [0.717, 1.165) is 8.98 Å². The highest BCUT2D eigenvalue weighted by molar-refractivity contribution is 7.90. The number of Topliss-reactive ketones (excluding diaryl/α,β-unsaturated/α-hetero) is 1. The number of benzene rings is 2. The Morgan fingerprint density at radius 2 is 1.79 bits per heavy atom. The van der Waals surface area contributed by atoms with Gasteiger partial charge in [0.25, 0.3) is 21.9 Å². The second-order valence-corrected chi connectivity index (χ2v) is 11.1. The van der Waals surface area contributed by atoms with E-state index < -0.39 is 33.6 Å². The number of nitrogens with zero attached hydrogens (tertiary/aromatic N) is 4. The lowest BCUT2D eigenvalue weighted by atomic mass is 9.93. The van der Waals surface area contributed by atoms with E-state index in [9.17, 15) is 26.8 Å². The third-order valence-corrected chi connectivity index (χ3v) is 8.37. The summed E-state index contributed by atoms with van der Waals surface area (Å²) in [5.41, 5.74) is 0.696. The predicted molar refractivity (Wildman–Crippen MR) is 142 cm³/mol. The van der Waals surface area contributed by atoms with E-state index in [0.29, 0.717) is 10.9 Å². The number of hydrogen-bond donors (Lipinski definition) is 0. The van der Waals surface area contributed by atoms with Crippen LogP contribution < -0.4 is 5.01 Å². The summed E-state index contributed by atoms with van der Waals surface area (Å²) in [5, 5.41) is 5.74. The van der Waals surface area contributed by atoms with Crippen molar-refractivity contribution in [1.82, 2.24) is 8.96 Å². The number of anilines is 1. The standard InChI is InChI=1S/C28H24F2N4O4S/c1-3-28(29,30)21-9-7-8-19(14-21)15-24(35)26-18(2)32-34(27(26)36)25-16-23-20(17-31-25)12-13-33(23)39(37,38)22-10-5-4-6-11-22/h4-14,16-17,26H,3,15H2,1-2H3. The minimum atomic E-state index is -3.92. The second-order valence-electron chi connectivity index (χ2n) is 9.26. The van der Waals surface area contributed by atoms with E-state index >= 15 is 0 Å². The number of carbonyl (C=O) groups is 2. The maximum absolute atomic E-state index is 14.1. The number of hydrazone groups is 1. The summed E-state index contributed by atoms with van der Waals surface area (Å²) in [5.74, 6) is -5.32.